The molecular weight excluding hydrogens is 212 g/mol. The van der Waals surface area contributed by atoms with Crippen LogP contribution in [0.25, 0.3) is 11.0 Å². The van der Waals surface area contributed by atoms with Gasteiger partial charge in [0, 0.05) is 12.6 Å². The molecule has 0 saturated heterocycles. The third-order valence-electron chi connectivity index (χ3n) is 3.52. The predicted octanol–water partition coefficient (Wildman–Crippen LogP) is 1.39. The summed E-state index contributed by atoms with van der Waals surface area (Å²) in [6.07, 6.45) is 4.08. The minimum Gasteiger partial charge on any atom is -0.345 e. The molecule has 3 rings (SSSR count). The minimum absolute atomic E-state index is 0.447. The number of imidazole rings is 1. The van der Waals surface area contributed by atoms with Crippen LogP contribution in [-0.4, -0.2) is 22.6 Å². The number of aromatic nitrogens is 2. The minimum atomic E-state index is 0.447. The molecule has 1 fully saturated rings. The van der Waals surface area contributed by atoms with Gasteiger partial charge in [-0.3, -0.25) is 0 Å². The Hall–Kier alpha value is -1.39. The summed E-state index contributed by atoms with van der Waals surface area (Å²) < 4.78 is 0. The lowest BCUT2D eigenvalue weighted by atomic mass is 9.81. The van der Waals surface area contributed by atoms with Gasteiger partial charge in [-0.1, -0.05) is 6.07 Å². The predicted molar refractivity (Wildman–Crippen MR) is 68.5 cm³/mol. The molecule has 1 aliphatic carbocycles. The first-order chi connectivity index (χ1) is 8.31. The molecule has 4 N–H and O–H groups in total. The maximum absolute atomic E-state index is 5.76. The second kappa shape index (κ2) is 4.47. The first-order valence-corrected chi connectivity index (χ1v) is 6.19. The SMILES string of the molecule is NC1CC(CNCc2ccc3nc[nH]c3c2)C1. The lowest BCUT2D eigenvalue weighted by molar-refractivity contribution is 0.256. The Morgan fingerprint density at radius 1 is 1.41 bits per heavy atom. The normalized spacial score (nSPS) is 23.8. The van der Waals surface area contributed by atoms with Crippen LogP contribution in [0.2, 0.25) is 0 Å². The Labute approximate surface area is 101 Å². The fourth-order valence-electron chi connectivity index (χ4n) is 2.47. The standard InChI is InChI=1S/C13H18N4/c14-11-3-10(4-11)7-15-6-9-1-2-12-13(5-9)17-8-16-12/h1-2,5,8,10-11,15H,3-4,6-7,14H2,(H,16,17). The molecular formula is C13H18N4. The molecule has 1 aromatic heterocycles. The molecule has 1 aromatic carbocycles. The summed E-state index contributed by atoms with van der Waals surface area (Å²) in [6, 6.07) is 6.79. The van der Waals surface area contributed by atoms with E-state index in [1.54, 1.807) is 6.33 Å². The van der Waals surface area contributed by atoms with Gasteiger partial charge in [-0.15, -0.1) is 0 Å². The van der Waals surface area contributed by atoms with Crippen molar-refractivity contribution in [1.29, 1.82) is 0 Å². The summed E-state index contributed by atoms with van der Waals surface area (Å²) in [6.45, 7) is 2.00. The largest absolute Gasteiger partial charge is 0.345 e. The van der Waals surface area contributed by atoms with Crippen LogP contribution in [0.5, 0.6) is 0 Å². The number of aromatic amines is 1. The molecule has 0 atom stereocenters. The lowest BCUT2D eigenvalue weighted by Crippen LogP contribution is -2.41. The number of H-pyrrole nitrogens is 1. The van der Waals surface area contributed by atoms with Crippen molar-refractivity contribution in [1.82, 2.24) is 15.3 Å². The van der Waals surface area contributed by atoms with Gasteiger partial charge in [-0.25, -0.2) is 4.98 Å². The van der Waals surface area contributed by atoms with Crippen molar-refractivity contribution in [2.24, 2.45) is 11.7 Å². The molecule has 17 heavy (non-hydrogen) atoms. The summed E-state index contributed by atoms with van der Waals surface area (Å²) in [7, 11) is 0. The Morgan fingerprint density at radius 2 is 2.29 bits per heavy atom. The molecule has 1 heterocycles. The van der Waals surface area contributed by atoms with E-state index >= 15 is 0 Å². The van der Waals surface area contributed by atoms with Crippen molar-refractivity contribution in [2.45, 2.75) is 25.4 Å². The molecule has 0 aliphatic heterocycles. The molecule has 1 aliphatic rings. The molecule has 2 aromatic rings. The van der Waals surface area contributed by atoms with Crippen LogP contribution in [0.15, 0.2) is 24.5 Å². The van der Waals surface area contributed by atoms with Crippen LogP contribution in [0.4, 0.5) is 0 Å². The number of nitrogens with two attached hydrogens (primary N) is 1. The van der Waals surface area contributed by atoms with Crippen molar-refractivity contribution in [2.75, 3.05) is 6.54 Å². The zero-order valence-electron chi connectivity index (χ0n) is 9.82. The van der Waals surface area contributed by atoms with Gasteiger partial charge in [0.05, 0.1) is 17.4 Å². The quantitative estimate of drug-likeness (QED) is 0.743. The van der Waals surface area contributed by atoms with E-state index in [-0.39, 0.29) is 0 Å². The average molecular weight is 230 g/mol. The van der Waals surface area contributed by atoms with Crippen LogP contribution < -0.4 is 11.1 Å². The summed E-state index contributed by atoms with van der Waals surface area (Å²) >= 11 is 0. The van der Waals surface area contributed by atoms with Gasteiger partial charge >= 0.3 is 0 Å². The average Bonchev–Trinajstić information content (AvgIpc) is 2.73. The summed E-state index contributed by atoms with van der Waals surface area (Å²) in [5, 5.41) is 3.49. The third-order valence-corrected chi connectivity index (χ3v) is 3.52. The van der Waals surface area contributed by atoms with E-state index in [9.17, 15) is 0 Å². The van der Waals surface area contributed by atoms with E-state index in [2.05, 4.69) is 33.5 Å². The van der Waals surface area contributed by atoms with Crippen molar-refractivity contribution >= 4 is 11.0 Å². The summed E-state index contributed by atoms with van der Waals surface area (Å²) in [4.78, 5) is 7.34. The first-order valence-electron chi connectivity index (χ1n) is 6.19. The van der Waals surface area contributed by atoms with Gasteiger partial charge in [0.15, 0.2) is 0 Å². The number of hydrogen-bond acceptors (Lipinski definition) is 3. The highest BCUT2D eigenvalue weighted by atomic mass is 14.9. The second-order valence-corrected chi connectivity index (χ2v) is 4.98. The van der Waals surface area contributed by atoms with Gasteiger partial charge in [-0.2, -0.15) is 0 Å². The van der Waals surface area contributed by atoms with E-state index in [1.807, 2.05) is 0 Å². The number of hydrogen-bond donors (Lipinski definition) is 3. The zero-order chi connectivity index (χ0) is 11.7. The number of fused-ring (bicyclic) bond motifs is 1. The summed E-state index contributed by atoms with van der Waals surface area (Å²) in [5.74, 6) is 0.779. The molecule has 0 bridgehead atoms. The monoisotopic (exact) mass is 230 g/mol. The molecule has 0 unspecified atom stereocenters. The summed E-state index contributed by atoms with van der Waals surface area (Å²) in [5.41, 5.74) is 9.19. The van der Waals surface area contributed by atoms with Crippen molar-refractivity contribution in [3.8, 4) is 0 Å². The Kier molecular flexibility index (Phi) is 2.82. The van der Waals surface area contributed by atoms with Gasteiger partial charge in [0.25, 0.3) is 0 Å². The highest BCUT2D eigenvalue weighted by molar-refractivity contribution is 5.74. The topological polar surface area (TPSA) is 66.7 Å². The van der Waals surface area contributed by atoms with Crippen LogP contribution in [-0.2, 0) is 6.54 Å². The number of nitrogens with zero attached hydrogens (tertiary/aromatic N) is 1. The van der Waals surface area contributed by atoms with Gasteiger partial charge in [0.1, 0.15) is 0 Å². The lowest BCUT2D eigenvalue weighted by Gasteiger charge is -2.32. The molecule has 0 amide bonds. The third kappa shape index (κ3) is 2.33. The second-order valence-electron chi connectivity index (χ2n) is 4.98. The Morgan fingerprint density at radius 3 is 3.12 bits per heavy atom. The van der Waals surface area contributed by atoms with E-state index in [1.165, 1.54) is 18.4 Å². The maximum atomic E-state index is 5.76. The van der Waals surface area contributed by atoms with Crippen molar-refractivity contribution in [3.63, 3.8) is 0 Å². The van der Waals surface area contributed by atoms with Crippen LogP contribution in [0.1, 0.15) is 18.4 Å². The highest BCUT2D eigenvalue weighted by Gasteiger charge is 2.24. The zero-order valence-corrected chi connectivity index (χ0v) is 9.82. The maximum Gasteiger partial charge on any atom is 0.0931 e. The molecule has 0 spiro atoms. The van der Waals surface area contributed by atoms with Crippen LogP contribution >= 0.6 is 0 Å². The number of benzene rings is 1. The van der Waals surface area contributed by atoms with E-state index < -0.39 is 0 Å². The van der Waals surface area contributed by atoms with Crippen molar-refractivity contribution in [3.05, 3.63) is 30.1 Å². The number of rotatable bonds is 4. The Bertz CT molecular complexity index is 499. The van der Waals surface area contributed by atoms with Gasteiger partial charge in [-0.05, 0) is 43.0 Å². The van der Waals surface area contributed by atoms with E-state index in [0.717, 1.165) is 30.0 Å². The highest BCUT2D eigenvalue weighted by Crippen LogP contribution is 2.24. The van der Waals surface area contributed by atoms with E-state index in [4.69, 9.17) is 5.73 Å². The first kappa shape index (κ1) is 10.7. The molecule has 4 heteroatoms. The smallest absolute Gasteiger partial charge is 0.0931 e. The van der Waals surface area contributed by atoms with Gasteiger partial charge < -0.3 is 16.0 Å². The number of nitrogens with one attached hydrogen (secondary N) is 2. The van der Waals surface area contributed by atoms with Crippen LogP contribution in [0.3, 0.4) is 0 Å². The van der Waals surface area contributed by atoms with Crippen LogP contribution in [0, 0.1) is 5.92 Å². The van der Waals surface area contributed by atoms with E-state index in [0.29, 0.717) is 6.04 Å². The molecule has 0 radical (unpaired) electrons. The fourth-order valence-corrected chi connectivity index (χ4v) is 2.47. The molecule has 90 valence electrons. The molecule has 4 nitrogen and oxygen atoms in total. The van der Waals surface area contributed by atoms with Crippen molar-refractivity contribution < 1.29 is 0 Å². The molecule has 1 saturated carbocycles. The van der Waals surface area contributed by atoms with Gasteiger partial charge in [0.2, 0.25) is 0 Å². The Balaban J connectivity index is 1.53. The fraction of sp³-hybridized carbons (Fsp3) is 0.462.